The van der Waals surface area contributed by atoms with E-state index in [0.29, 0.717) is 24.3 Å². The molecule has 1 aliphatic rings. The van der Waals surface area contributed by atoms with Crippen LogP contribution in [0.4, 0.5) is 0 Å². The molecular formula is C7H11NO3. The van der Waals surface area contributed by atoms with Crippen LogP contribution < -0.4 is 5.73 Å². The highest BCUT2D eigenvalue weighted by Crippen LogP contribution is 2.11. The summed E-state index contributed by atoms with van der Waals surface area (Å²) < 4.78 is 9.54. The van der Waals surface area contributed by atoms with Crippen LogP contribution in [0.2, 0.25) is 0 Å². The highest BCUT2D eigenvalue weighted by Gasteiger charge is 2.17. The molecule has 0 saturated carbocycles. The van der Waals surface area contributed by atoms with Gasteiger partial charge in [0.25, 0.3) is 0 Å². The lowest BCUT2D eigenvalue weighted by molar-refractivity contribution is -0.137. The van der Waals surface area contributed by atoms with Gasteiger partial charge in [-0.15, -0.1) is 0 Å². The van der Waals surface area contributed by atoms with Crippen LogP contribution in [0.1, 0.15) is 6.42 Å². The average molecular weight is 157 g/mol. The Bertz CT molecular complexity index is 198. The van der Waals surface area contributed by atoms with Crippen LogP contribution in [-0.4, -0.2) is 26.3 Å². The predicted octanol–water partition coefficient (Wildman–Crippen LogP) is -0.208. The summed E-state index contributed by atoms with van der Waals surface area (Å²) >= 11 is 0. The van der Waals surface area contributed by atoms with Gasteiger partial charge in [0.2, 0.25) is 0 Å². The number of carbonyl (C=O) groups excluding carboxylic acids is 1. The van der Waals surface area contributed by atoms with Gasteiger partial charge in [-0.3, -0.25) is 0 Å². The van der Waals surface area contributed by atoms with Crippen molar-refractivity contribution in [2.75, 3.05) is 20.3 Å². The highest BCUT2D eigenvalue weighted by molar-refractivity contribution is 5.89. The molecule has 0 radical (unpaired) electrons. The smallest absolute Gasteiger partial charge is 0.337 e. The van der Waals surface area contributed by atoms with Gasteiger partial charge in [-0.2, -0.15) is 0 Å². The van der Waals surface area contributed by atoms with E-state index in [1.54, 1.807) is 0 Å². The van der Waals surface area contributed by atoms with Crippen molar-refractivity contribution in [3.8, 4) is 0 Å². The predicted molar refractivity (Wildman–Crippen MR) is 38.7 cm³/mol. The van der Waals surface area contributed by atoms with E-state index in [-0.39, 0.29) is 12.6 Å². The van der Waals surface area contributed by atoms with Crippen LogP contribution >= 0.6 is 0 Å². The van der Waals surface area contributed by atoms with Crippen LogP contribution in [0.15, 0.2) is 11.3 Å². The topological polar surface area (TPSA) is 61.5 Å². The van der Waals surface area contributed by atoms with Crippen molar-refractivity contribution in [3.05, 3.63) is 11.3 Å². The van der Waals surface area contributed by atoms with E-state index in [2.05, 4.69) is 4.74 Å². The SMILES string of the molecule is COC(=O)C1=C(N)CCOC1. The van der Waals surface area contributed by atoms with Crippen molar-refractivity contribution in [1.29, 1.82) is 0 Å². The molecule has 1 rings (SSSR count). The van der Waals surface area contributed by atoms with Gasteiger partial charge in [-0.05, 0) is 0 Å². The lowest BCUT2D eigenvalue weighted by atomic mass is 10.1. The summed E-state index contributed by atoms with van der Waals surface area (Å²) in [5.74, 6) is -0.387. The number of nitrogens with two attached hydrogens (primary N) is 1. The number of hydrogen-bond acceptors (Lipinski definition) is 4. The zero-order valence-electron chi connectivity index (χ0n) is 6.42. The zero-order valence-corrected chi connectivity index (χ0v) is 6.42. The van der Waals surface area contributed by atoms with Gasteiger partial charge >= 0.3 is 5.97 Å². The molecule has 1 aliphatic heterocycles. The maximum Gasteiger partial charge on any atom is 0.337 e. The van der Waals surface area contributed by atoms with E-state index < -0.39 is 0 Å². The molecule has 1 heterocycles. The molecular weight excluding hydrogens is 146 g/mol. The number of rotatable bonds is 1. The third kappa shape index (κ3) is 1.71. The van der Waals surface area contributed by atoms with Crippen LogP contribution in [0.25, 0.3) is 0 Å². The molecule has 0 fully saturated rings. The first-order valence-electron chi connectivity index (χ1n) is 3.39. The van der Waals surface area contributed by atoms with E-state index in [9.17, 15) is 4.79 Å². The van der Waals surface area contributed by atoms with E-state index in [4.69, 9.17) is 10.5 Å². The molecule has 0 aromatic heterocycles. The van der Waals surface area contributed by atoms with Crippen molar-refractivity contribution < 1.29 is 14.3 Å². The standard InChI is InChI=1S/C7H11NO3/c1-10-7(9)5-4-11-3-2-6(5)8/h2-4,8H2,1H3. The first kappa shape index (κ1) is 8.07. The van der Waals surface area contributed by atoms with Crippen LogP contribution in [0.5, 0.6) is 0 Å². The Morgan fingerprint density at radius 3 is 3.00 bits per heavy atom. The second-order valence-electron chi connectivity index (χ2n) is 2.30. The molecule has 4 nitrogen and oxygen atoms in total. The molecule has 62 valence electrons. The number of methoxy groups -OCH3 is 1. The van der Waals surface area contributed by atoms with Crippen LogP contribution in [0, 0.1) is 0 Å². The minimum absolute atomic E-state index is 0.276. The first-order valence-corrected chi connectivity index (χ1v) is 3.39. The fraction of sp³-hybridized carbons (Fsp3) is 0.571. The summed E-state index contributed by atoms with van der Waals surface area (Å²) in [7, 11) is 1.33. The number of ether oxygens (including phenoxy) is 2. The fourth-order valence-electron chi connectivity index (χ4n) is 0.913. The van der Waals surface area contributed by atoms with Crippen molar-refractivity contribution >= 4 is 5.97 Å². The van der Waals surface area contributed by atoms with Gasteiger partial charge in [0.15, 0.2) is 0 Å². The molecule has 4 heteroatoms. The molecule has 0 atom stereocenters. The van der Waals surface area contributed by atoms with E-state index in [0.717, 1.165) is 0 Å². The number of esters is 1. The van der Waals surface area contributed by atoms with Gasteiger partial charge in [0.05, 0.1) is 25.9 Å². The van der Waals surface area contributed by atoms with E-state index in [1.165, 1.54) is 7.11 Å². The summed E-state index contributed by atoms with van der Waals surface area (Å²) in [6.45, 7) is 0.866. The molecule has 0 unspecified atom stereocenters. The molecule has 0 bridgehead atoms. The van der Waals surface area contributed by atoms with Crippen molar-refractivity contribution in [2.24, 2.45) is 5.73 Å². The summed E-state index contributed by atoms with van der Waals surface area (Å²) in [6.07, 6.45) is 0.616. The maximum atomic E-state index is 10.9. The Kier molecular flexibility index (Phi) is 2.48. The van der Waals surface area contributed by atoms with Crippen molar-refractivity contribution in [2.45, 2.75) is 6.42 Å². The minimum Gasteiger partial charge on any atom is -0.466 e. The molecule has 0 aliphatic carbocycles. The minimum atomic E-state index is -0.387. The molecule has 0 saturated heterocycles. The van der Waals surface area contributed by atoms with Crippen molar-refractivity contribution in [3.63, 3.8) is 0 Å². The average Bonchev–Trinajstić information content (AvgIpc) is 2.04. The Morgan fingerprint density at radius 1 is 1.73 bits per heavy atom. The fourth-order valence-corrected chi connectivity index (χ4v) is 0.913. The Morgan fingerprint density at radius 2 is 2.45 bits per heavy atom. The van der Waals surface area contributed by atoms with E-state index in [1.807, 2.05) is 0 Å². The van der Waals surface area contributed by atoms with Gasteiger partial charge in [-0.1, -0.05) is 0 Å². The monoisotopic (exact) mass is 157 g/mol. The third-order valence-corrected chi connectivity index (χ3v) is 1.58. The first-order chi connectivity index (χ1) is 5.25. The molecule has 0 aromatic carbocycles. The number of hydrogen-bond donors (Lipinski definition) is 1. The Hall–Kier alpha value is -1.03. The largest absolute Gasteiger partial charge is 0.466 e. The van der Waals surface area contributed by atoms with Crippen LogP contribution in [0.3, 0.4) is 0 Å². The highest BCUT2D eigenvalue weighted by atomic mass is 16.5. The second-order valence-corrected chi connectivity index (χ2v) is 2.30. The summed E-state index contributed by atoms with van der Waals surface area (Å²) in [6, 6.07) is 0. The second kappa shape index (κ2) is 3.39. The Labute approximate surface area is 65.0 Å². The lowest BCUT2D eigenvalue weighted by Crippen LogP contribution is -2.22. The molecule has 0 amide bonds. The lowest BCUT2D eigenvalue weighted by Gasteiger charge is -2.15. The number of carbonyl (C=O) groups is 1. The van der Waals surface area contributed by atoms with Crippen LogP contribution in [-0.2, 0) is 14.3 Å². The van der Waals surface area contributed by atoms with E-state index >= 15 is 0 Å². The summed E-state index contributed by atoms with van der Waals surface area (Å²) in [5.41, 5.74) is 6.60. The quantitative estimate of drug-likeness (QED) is 0.535. The molecule has 0 spiro atoms. The van der Waals surface area contributed by atoms with Gasteiger partial charge < -0.3 is 15.2 Å². The van der Waals surface area contributed by atoms with Gasteiger partial charge in [0, 0.05) is 12.1 Å². The van der Waals surface area contributed by atoms with Gasteiger partial charge in [0.1, 0.15) is 0 Å². The third-order valence-electron chi connectivity index (χ3n) is 1.58. The molecule has 11 heavy (non-hydrogen) atoms. The zero-order chi connectivity index (χ0) is 8.27. The normalized spacial score (nSPS) is 18.3. The van der Waals surface area contributed by atoms with Crippen molar-refractivity contribution in [1.82, 2.24) is 0 Å². The van der Waals surface area contributed by atoms with Gasteiger partial charge in [-0.25, -0.2) is 4.79 Å². The summed E-state index contributed by atoms with van der Waals surface area (Å²) in [5, 5.41) is 0. The molecule has 2 N–H and O–H groups in total. The maximum absolute atomic E-state index is 10.9. The summed E-state index contributed by atoms with van der Waals surface area (Å²) in [4.78, 5) is 10.9. The molecule has 0 aromatic rings. The Balaban J connectivity index is 2.74.